The summed E-state index contributed by atoms with van der Waals surface area (Å²) in [5.41, 5.74) is 0.672. The number of esters is 1. The maximum atomic E-state index is 13.0. The van der Waals surface area contributed by atoms with E-state index in [1.807, 2.05) is 0 Å². The predicted octanol–water partition coefficient (Wildman–Crippen LogP) is 1.80. The van der Waals surface area contributed by atoms with Crippen LogP contribution in [-0.2, 0) is 9.53 Å². The molecule has 1 fully saturated rings. The third kappa shape index (κ3) is 2.85. The van der Waals surface area contributed by atoms with Crippen molar-refractivity contribution in [1.29, 1.82) is 0 Å². The minimum Gasteiger partial charge on any atom is -0.467 e. The van der Waals surface area contributed by atoms with Gasteiger partial charge in [0.1, 0.15) is 11.9 Å². The van der Waals surface area contributed by atoms with Crippen LogP contribution in [0, 0.1) is 5.82 Å². The molecule has 4 nitrogen and oxygen atoms in total. The van der Waals surface area contributed by atoms with E-state index < -0.39 is 0 Å². The molecular formula is C13H15FN2O2. The molecule has 96 valence electrons. The average Bonchev–Trinajstić information content (AvgIpc) is 2.84. The number of hydrogen-bond acceptors (Lipinski definition) is 4. The fraction of sp³-hybridized carbons (Fsp3) is 0.385. The number of hydrazone groups is 1. The molecule has 5 heteroatoms. The van der Waals surface area contributed by atoms with Crippen molar-refractivity contribution >= 4 is 12.2 Å². The van der Waals surface area contributed by atoms with Crippen LogP contribution in [0.25, 0.3) is 0 Å². The van der Waals surface area contributed by atoms with E-state index in [0.29, 0.717) is 12.1 Å². The molecule has 1 atom stereocenters. The van der Waals surface area contributed by atoms with Crippen molar-refractivity contribution in [2.75, 3.05) is 13.7 Å². The van der Waals surface area contributed by atoms with Gasteiger partial charge >= 0.3 is 5.97 Å². The van der Waals surface area contributed by atoms with Gasteiger partial charge in [-0.25, -0.2) is 9.18 Å². The number of benzene rings is 1. The second kappa shape index (κ2) is 5.62. The Morgan fingerprint density at radius 1 is 1.61 bits per heavy atom. The number of nitrogens with zero attached hydrogens (tertiary/aromatic N) is 2. The van der Waals surface area contributed by atoms with E-state index in [2.05, 4.69) is 5.10 Å². The summed E-state index contributed by atoms with van der Waals surface area (Å²) in [5, 5.41) is 5.92. The monoisotopic (exact) mass is 250 g/mol. The number of carbonyl (C=O) groups is 1. The number of halogens is 1. The summed E-state index contributed by atoms with van der Waals surface area (Å²) >= 11 is 0. The highest BCUT2D eigenvalue weighted by Gasteiger charge is 2.30. The van der Waals surface area contributed by atoms with Crippen LogP contribution in [-0.4, -0.2) is 36.9 Å². The molecule has 0 radical (unpaired) electrons. The molecule has 0 aliphatic carbocycles. The van der Waals surface area contributed by atoms with Gasteiger partial charge in [-0.1, -0.05) is 12.1 Å². The van der Waals surface area contributed by atoms with Gasteiger partial charge in [-0.3, -0.25) is 5.01 Å². The summed E-state index contributed by atoms with van der Waals surface area (Å²) in [5.74, 6) is -0.575. The lowest BCUT2D eigenvalue weighted by atomic mass is 10.2. The van der Waals surface area contributed by atoms with Gasteiger partial charge in [-0.2, -0.15) is 5.10 Å². The Morgan fingerprint density at radius 3 is 3.17 bits per heavy atom. The number of carbonyl (C=O) groups excluding carboxylic acids is 1. The fourth-order valence-electron chi connectivity index (χ4n) is 1.99. The Hall–Kier alpha value is -1.91. The second-order valence-corrected chi connectivity index (χ2v) is 4.14. The summed E-state index contributed by atoms with van der Waals surface area (Å²) < 4.78 is 17.7. The van der Waals surface area contributed by atoms with E-state index in [1.54, 1.807) is 23.4 Å². The van der Waals surface area contributed by atoms with Crippen LogP contribution in [0.5, 0.6) is 0 Å². The Labute approximate surface area is 105 Å². The zero-order valence-electron chi connectivity index (χ0n) is 10.2. The molecule has 0 unspecified atom stereocenters. The van der Waals surface area contributed by atoms with Crippen LogP contribution in [0.4, 0.5) is 4.39 Å². The van der Waals surface area contributed by atoms with Gasteiger partial charge in [-0.15, -0.1) is 0 Å². The molecule has 1 aromatic rings. The van der Waals surface area contributed by atoms with E-state index in [0.717, 1.165) is 12.8 Å². The lowest BCUT2D eigenvalue weighted by Gasteiger charge is -2.18. The molecule has 0 bridgehead atoms. The van der Waals surface area contributed by atoms with Gasteiger partial charge in [0.15, 0.2) is 0 Å². The van der Waals surface area contributed by atoms with Crippen LogP contribution in [0.15, 0.2) is 29.4 Å². The largest absolute Gasteiger partial charge is 0.467 e. The van der Waals surface area contributed by atoms with Crippen molar-refractivity contribution in [2.24, 2.45) is 5.10 Å². The second-order valence-electron chi connectivity index (χ2n) is 4.14. The Balaban J connectivity index is 2.06. The van der Waals surface area contributed by atoms with Gasteiger partial charge in [-0.05, 0) is 30.5 Å². The van der Waals surface area contributed by atoms with Crippen LogP contribution >= 0.6 is 0 Å². The zero-order chi connectivity index (χ0) is 13.0. The zero-order valence-corrected chi connectivity index (χ0v) is 10.2. The molecule has 0 amide bonds. The van der Waals surface area contributed by atoms with Gasteiger partial charge < -0.3 is 4.74 Å². The maximum Gasteiger partial charge on any atom is 0.330 e. The van der Waals surface area contributed by atoms with Crippen molar-refractivity contribution < 1.29 is 13.9 Å². The molecular weight excluding hydrogens is 235 g/mol. The number of ether oxygens (including phenoxy) is 1. The lowest BCUT2D eigenvalue weighted by molar-refractivity contribution is -0.145. The summed E-state index contributed by atoms with van der Waals surface area (Å²) in [6, 6.07) is 5.84. The summed E-state index contributed by atoms with van der Waals surface area (Å²) in [7, 11) is 1.37. The molecule has 1 aliphatic heterocycles. The molecule has 18 heavy (non-hydrogen) atoms. The molecule has 1 saturated heterocycles. The fourth-order valence-corrected chi connectivity index (χ4v) is 1.99. The first-order valence-corrected chi connectivity index (χ1v) is 5.85. The molecule has 1 aromatic carbocycles. The van der Waals surface area contributed by atoms with Crippen molar-refractivity contribution in [3.05, 3.63) is 35.6 Å². The predicted molar refractivity (Wildman–Crippen MR) is 65.7 cm³/mol. The van der Waals surface area contributed by atoms with E-state index in [1.165, 1.54) is 19.2 Å². The molecule has 1 aliphatic rings. The van der Waals surface area contributed by atoms with E-state index >= 15 is 0 Å². The maximum absolute atomic E-state index is 13.0. The summed E-state index contributed by atoms with van der Waals surface area (Å²) in [4.78, 5) is 11.5. The first kappa shape index (κ1) is 12.5. The van der Waals surface area contributed by atoms with Crippen molar-refractivity contribution in [2.45, 2.75) is 18.9 Å². The Kier molecular flexibility index (Phi) is 3.92. The first-order valence-electron chi connectivity index (χ1n) is 5.85. The van der Waals surface area contributed by atoms with Crippen LogP contribution < -0.4 is 0 Å². The first-order chi connectivity index (χ1) is 8.70. The quantitative estimate of drug-likeness (QED) is 0.606. The number of rotatable bonds is 3. The van der Waals surface area contributed by atoms with Gasteiger partial charge in [0.05, 0.1) is 13.3 Å². The van der Waals surface area contributed by atoms with Gasteiger partial charge in [0.2, 0.25) is 0 Å². The molecule has 2 rings (SSSR count). The minimum atomic E-state index is -0.320. The van der Waals surface area contributed by atoms with Crippen molar-refractivity contribution in [3.63, 3.8) is 0 Å². The summed E-state index contributed by atoms with van der Waals surface area (Å²) in [6.07, 6.45) is 3.21. The molecule has 0 saturated carbocycles. The highest BCUT2D eigenvalue weighted by atomic mass is 19.1. The number of methoxy groups -OCH3 is 1. The third-order valence-electron chi connectivity index (χ3n) is 2.90. The standard InChI is InChI=1S/C13H15FN2O2/c1-18-13(17)12-6-3-7-16(12)15-9-10-4-2-5-11(14)8-10/h2,4-5,8-9,12H,3,6-7H2,1H3/b15-9+/t12-/m0/s1. The van der Waals surface area contributed by atoms with Crippen LogP contribution in [0.2, 0.25) is 0 Å². The Bertz CT molecular complexity index is 462. The average molecular weight is 250 g/mol. The van der Waals surface area contributed by atoms with Crippen LogP contribution in [0.1, 0.15) is 18.4 Å². The molecule has 1 heterocycles. The third-order valence-corrected chi connectivity index (χ3v) is 2.90. The molecule has 0 spiro atoms. The molecule has 0 aromatic heterocycles. The van der Waals surface area contributed by atoms with Crippen molar-refractivity contribution in [1.82, 2.24) is 5.01 Å². The van der Waals surface area contributed by atoms with Crippen molar-refractivity contribution in [3.8, 4) is 0 Å². The minimum absolute atomic E-state index is 0.274. The van der Waals surface area contributed by atoms with E-state index in [9.17, 15) is 9.18 Å². The normalized spacial score (nSPS) is 19.4. The lowest BCUT2D eigenvalue weighted by Crippen LogP contribution is -2.33. The van der Waals surface area contributed by atoms with Crippen LogP contribution in [0.3, 0.4) is 0 Å². The smallest absolute Gasteiger partial charge is 0.330 e. The van der Waals surface area contributed by atoms with E-state index in [4.69, 9.17) is 4.74 Å². The number of hydrogen-bond donors (Lipinski definition) is 0. The van der Waals surface area contributed by atoms with Gasteiger partial charge in [0.25, 0.3) is 0 Å². The Morgan fingerprint density at radius 2 is 2.44 bits per heavy atom. The van der Waals surface area contributed by atoms with E-state index in [-0.39, 0.29) is 17.8 Å². The highest BCUT2D eigenvalue weighted by Crippen LogP contribution is 2.18. The topological polar surface area (TPSA) is 41.9 Å². The highest BCUT2D eigenvalue weighted by molar-refractivity contribution is 5.80. The van der Waals surface area contributed by atoms with Gasteiger partial charge in [0, 0.05) is 6.54 Å². The molecule has 0 N–H and O–H groups in total. The SMILES string of the molecule is COC(=O)[C@@H]1CCCN1/N=C/c1cccc(F)c1. The summed E-state index contributed by atoms with van der Waals surface area (Å²) in [6.45, 7) is 0.714.